The Balaban J connectivity index is 1.42. The highest BCUT2D eigenvalue weighted by Gasteiger charge is 2.29. The van der Waals surface area contributed by atoms with Gasteiger partial charge in [-0.1, -0.05) is 18.5 Å². The van der Waals surface area contributed by atoms with Crippen LogP contribution in [-0.2, 0) is 4.79 Å². The van der Waals surface area contributed by atoms with Gasteiger partial charge in [-0.3, -0.25) is 9.69 Å². The number of halogens is 1. The van der Waals surface area contributed by atoms with Gasteiger partial charge in [-0.15, -0.1) is 0 Å². The first-order chi connectivity index (χ1) is 11.6. The van der Waals surface area contributed by atoms with Crippen LogP contribution in [0.4, 0.5) is 0 Å². The molecule has 2 aliphatic heterocycles. The van der Waals surface area contributed by atoms with Crippen LogP contribution in [0.3, 0.4) is 0 Å². The monoisotopic (exact) mass is 350 g/mol. The lowest BCUT2D eigenvalue weighted by atomic mass is 9.95. The molecule has 0 radical (unpaired) electrons. The van der Waals surface area contributed by atoms with Gasteiger partial charge >= 0.3 is 0 Å². The molecule has 0 bridgehead atoms. The van der Waals surface area contributed by atoms with Crippen LogP contribution in [0, 0.1) is 5.92 Å². The van der Waals surface area contributed by atoms with E-state index in [0.717, 1.165) is 31.8 Å². The zero-order chi connectivity index (χ0) is 16.9. The summed E-state index contributed by atoms with van der Waals surface area (Å²) in [7, 11) is 0. The average molecular weight is 351 g/mol. The third-order valence-corrected chi connectivity index (χ3v) is 5.45. The number of ether oxygens (including phenoxy) is 1. The molecular formula is C19H27ClN2O2. The number of carbonyl (C=O) groups is 1. The first-order valence-electron chi connectivity index (χ1n) is 9.02. The minimum absolute atomic E-state index is 0.0791. The smallest absolute Gasteiger partial charge is 0.260 e. The topological polar surface area (TPSA) is 32.8 Å². The normalized spacial score (nSPS) is 23.2. The van der Waals surface area contributed by atoms with Gasteiger partial charge in [0.15, 0.2) is 6.61 Å². The van der Waals surface area contributed by atoms with E-state index >= 15 is 0 Å². The van der Waals surface area contributed by atoms with Gasteiger partial charge in [-0.05, 0) is 62.4 Å². The quantitative estimate of drug-likeness (QED) is 0.833. The van der Waals surface area contributed by atoms with E-state index in [4.69, 9.17) is 16.3 Å². The third kappa shape index (κ3) is 4.64. The highest BCUT2D eigenvalue weighted by atomic mass is 35.5. The van der Waals surface area contributed by atoms with Gasteiger partial charge in [0.1, 0.15) is 5.75 Å². The highest BCUT2D eigenvalue weighted by molar-refractivity contribution is 6.30. The first kappa shape index (κ1) is 17.6. The van der Waals surface area contributed by atoms with Crippen molar-refractivity contribution in [3.63, 3.8) is 0 Å². The van der Waals surface area contributed by atoms with Crippen molar-refractivity contribution in [2.45, 2.75) is 38.6 Å². The highest BCUT2D eigenvalue weighted by Crippen LogP contribution is 2.23. The van der Waals surface area contributed by atoms with Gasteiger partial charge < -0.3 is 9.64 Å². The molecule has 0 aliphatic carbocycles. The van der Waals surface area contributed by atoms with Crippen LogP contribution in [-0.4, -0.2) is 54.5 Å². The standard InChI is InChI=1S/C19H27ClN2O2/c1-15-3-2-10-22(13-15)17-8-11-21(12-9-17)19(23)14-24-18-6-4-16(20)5-7-18/h4-7,15,17H,2-3,8-14H2,1H3. The largest absolute Gasteiger partial charge is 0.484 e. The van der Waals surface area contributed by atoms with E-state index in [9.17, 15) is 4.79 Å². The lowest BCUT2D eigenvalue weighted by molar-refractivity contribution is -0.135. The zero-order valence-corrected chi connectivity index (χ0v) is 15.2. The molecule has 1 aromatic rings. The number of likely N-dealkylation sites (tertiary alicyclic amines) is 2. The van der Waals surface area contributed by atoms with E-state index < -0.39 is 0 Å². The Kier molecular flexibility index (Phi) is 6.01. The number of carbonyl (C=O) groups excluding carboxylic acids is 1. The van der Waals surface area contributed by atoms with Crippen LogP contribution < -0.4 is 4.74 Å². The number of hydrogen-bond acceptors (Lipinski definition) is 3. The predicted molar refractivity (Wildman–Crippen MR) is 96.5 cm³/mol. The molecule has 0 aromatic heterocycles. The summed E-state index contributed by atoms with van der Waals surface area (Å²) < 4.78 is 5.57. The van der Waals surface area contributed by atoms with Crippen LogP contribution in [0.2, 0.25) is 5.02 Å². The van der Waals surface area contributed by atoms with Gasteiger partial charge in [0.25, 0.3) is 5.91 Å². The molecule has 1 unspecified atom stereocenters. The molecule has 1 amide bonds. The van der Waals surface area contributed by atoms with Gasteiger partial charge in [-0.2, -0.15) is 0 Å². The predicted octanol–water partition coefficient (Wildman–Crippen LogP) is 3.44. The van der Waals surface area contributed by atoms with Crippen LogP contribution >= 0.6 is 11.6 Å². The van der Waals surface area contributed by atoms with E-state index in [0.29, 0.717) is 16.8 Å². The number of nitrogens with zero attached hydrogens (tertiary/aromatic N) is 2. The maximum absolute atomic E-state index is 12.3. The van der Waals surface area contributed by atoms with Crippen molar-refractivity contribution in [2.24, 2.45) is 5.92 Å². The van der Waals surface area contributed by atoms with Crippen molar-refractivity contribution in [1.29, 1.82) is 0 Å². The first-order valence-corrected chi connectivity index (χ1v) is 9.40. The maximum atomic E-state index is 12.3. The van der Waals surface area contributed by atoms with Gasteiger partial charge in [0.2, 0.25) is 0 Å². The molecule has 3 rings (SSSR count). The molecule has 0 spiro atoms. The van der Waals surface area contributed by atoms with E-state index in [2.05, 4.69) is 11.8 Å². The summed E-state index contributed by atoms with van der Waals surface area (Å²) in [5.74, 6) is 1.58. The summed E-state index contributed by atoms with van der Waals surface area (Å²) in [6.07, 6.45) is 4.84. The Labute approximate surface area is 149 Å². The fraction of sp³-hybridized carbons (Fsp3) is 0.632. The minimum Gasteiger partial charge on any atom is -0.484 e. The molecule has 2 aliphatic rings. The molecule has 1 aromatic carbocycles. The second-order valence-corrected chi connectivity index (χ2v) is 7.53. The Morgan fingerprint density at radius 1 is 1.17 bits per heavy atom. The maximum Gasteiger partial charge on any atom is 0.260 e. The van der Waals surface area contributed by atoms with Crippen molar-refractivity contribution >= 4 is 17.5 Å². The number of piperidine rings is 2. The van der Waals surface area contributed by atoms with Gasteiger partial charge in [0, 0.05) is 30.7 Å². The lowest BCUT2D eigenvalue weighted by Gasteiger charge is -2.41. The Hall–Kier alpha value is -1.26. The molecular weight excluding hydrogens is 324 g/mol. The Bertz CT molecular complexity index is 541. The molecule has 24 heavy (non-hydrogen) atoms. The molecule has 2 fully saturated rings. The van der Waals surface area contributed by atoms with E-state index in [-0.39, 0.29) is 12.5 Å². The molecule has 1 atom stereocenters. The van der Waals surface area contributed by atoms with E-state index in [1.54, 1.807) is 24.3 Å². The summed E-state index contributed by atoms with van der Waals surface area (Å²) in [6.45, 7) is 6.59. The third-order valence-electron chi connectivity index (χ3n) is 5.20. The van der Waals surface area contributed by atoms with Crippen molar-refractivity contribution < 1.29 is 9.53 Å². The second-order valence-electron chi connectivity index (χ2n) is 7.10. The van der Waals surface area contributed by atoms with Crippen molar-refractivity contribution in [3.05, 3.63) is 29.3 Å². The van der Waals surface area contributed by atoms with Gasteiger partial charge in [0.05, 0.1) is 0 Å². The van der Waals surface area contributed by atoms with E-state index in [1.165, 1.54) is 25.9 Å². The molecule has 0 saturated carbocycles. The average Bonchev–Trinajstić information content (AvgIpc) is 2.61. The van der Waals surface area contributed by atoms with Crippen molar-refractivity contribution in [2.75, 3.05) is 32.8 Å². The number of hydrogen-bond donors (Lipinski definition) is 0. The molecule has 5 heteroatoms. The number of benzene rings is 1. The molecule has 132 valence electrons. The summed E-state index contributed by atoms with van der Waals surface area (Å²) in [6, 6.07) is 7.77. The SMILES string of the molecule is CC1CCCN(C2CCN(C(=O)COc3ccc(Cl)cc3)CC2)C1. The fourth-order valence-corrected chi connectivity index (χ4v) is 3.93. The summed E-state index contributed by atoms with van der Waals surface area (Å²) >= 11 is 5.85. The van der Waals surface area contributed by atoms with Gasteiger partial charge in [-0.25, -0.2) is 0 Å². The fourth-order valence-electron chi connectivity index (χ4n) is 3.80. The molecule has 0 N–H and O–H groups in total. The number of rotatable bonds is 4. The Morgan fingerprint density at radius 3 is 2.54 bits per heavy atom. The lowest BCUT2D eigenvalue weighted by Crippen LogP contribution is -2.50. The summed E-state index contributed by atoms with van der Waals surface area (Å²) in [5, 5.41) is 0.669. The Morgan fingerprint density at radius 2 is 1.88 bits per heavy atom. The van der Waals surface area contributed by atoms with E-state index in [1.807, 2.05) is 4.90 Å². The van der Waals surface area contributed by atoms with Crippen molar-refractivity contribution in [3.8, 4) is 5.75 Å². The van der Waals surface area contributed by atoms with Crippen LogP contribution in [0.15, 0.2) is 24.3 Å². The number of amides is 1. The molecule has 4 nitrogen and oxygen atoms in total. The van der Waals surface area contributed by atoms with Crippen LogP contribution in [0.5, 0.6) is 5.75 Å². The summed E-state index contributed by atoms with van der Waals surface area (Å²) in [5.41, 5.74) is 0. The van der Waals surface area contributed by atoms with Crippen LogP contribution in [0.1, 0.15) is 32.6 Å². The zero-order valence-electron chi connectivity index (χ0n) is 14.4. The molecule has 2 saturated heterocycles. The minimum atomic E-state index is 0.0791. The van der Waals surface area contributed by atoms with Crippen LogP contribution in [0.25, 0.3) is 0 Å². The molecule has 2 heterocycles. The second kappa shape index (κ2) is 8.21. The van der Waals surface area contributed by atoms with Crippen molar-refractivity contribution in [1.82, 2.24) is 9.80 Å². The summed E-state index contributed by atoms with van der Waals surface area (Å²) in [4.78, 5) is 16.9.